The predicted molar refractivity (Wildman–Crippen MR) is 71.5 cm³/mol. The molecule has 1 aromatic carbocycles. The van der Waals surface area contributed by atoms with Gasteiger partial charge in [-0.1, -0.05) is 23.2 Å². The van der Waals surface area contributed by atoms with Crippen molar-refractivity contribution in [3.05, 3.63) is 39.9 Å². The van der Waals surface area contributed by atoms with Crippen LogP contribution in [0.5, 0.6) is 0 Å². The van der Waals surface area contributed by atoms with Crippen molar-refractivity contribution in [2.24, 2.45) is 0 Å². The number of carbonyl (C=O) groups is 2. The van der Waals surface area contributed by atoms with Crippen LogP contribution in [0.2, 0.25) is 0 Å². The van der Waals surface area contributed by atoms with E-state index in [1.807, 2.05) is 0 Å². The minimum absolute atomic E-state index is 0.158. The van der Waals surface area contributed by atoms with Crippen LogP contribution in [0.15, 0.2) is 24.3 Å². The van der Waals surface area contributed by atoms with Gasteiger partial charge < -0.3 is 15.2 Å². The van der Waals surface area contributed by atoms with E-state index in [9.17, 15) is 24.8 Å². The van der Waals surface area contributed by atoms with E-state index in [1.165, 1.54) is 24.3 Å². The molecule has 2 atom stereocenters. The molecular formula is C11H10Cl2N2O5. The smallest absolute Gasteiger partial charge is 0.269 e. The molecule has 0 saturated heterocycles. The lowest BCUT2D eigenvalue weighted by molar-refractivity contribution is -0.384. The predicted octanol–water partition coefficient (Wildman–Crippen LogP) is 1.12. The molecule has 0 spiro atoms. The highest BCUT2D eigenvalue weighted by molar-refractivity contribution is 6.53. The van der Waals surface area contributed by atoms with Gasteiger partial charge in [0.05, 0.1) is 4.92 Å². The third-order valence-corrected chi connectivity index (χ3v) is 2.84. The first-order valence-corrected chi connectivity index (χ1v) is 6.20. The number of aldehydes is 1. The Morgan fingerprint density at radius 3 is 2.30 bits per heavy atom. The van der Waals surface area contributed by atoms with E-state index in [1.54, 1.807) is 0 Å². The topological polar surface area (TPSA) is 110 Å². The summed E-state index contributed by atoms with van der Waals surface area (Å²) in [6.07, 6.45) is -1.05. The van der Waals surface area contributed by atoms with E-state index >= 15 is 0 Å². The number of non-ortho nitro benzene ring substituents is 1. The van der Waals surface area contributed by atoms with Crippen LogP contribution >= 0.6 is 23.2 Å². The molecular weight excluding hydrogens is 311 g/mol. The van der Waals surface area contributed by atoms with Crippen molar-refractivity contribution in [3.63, 3.8) is 0 Å². The summed E-state index contributed by atoms with van der Waals surface area (Å²) in [5.74, 6) is -0.827. The van der Waals surface area contributed by atoms with Gasteiger partial charge in [0.1, 0.15) is 18.4 Å². The first-order valence-electron chi connectivity index (χ1n) is 5.33. The molecule has 0 saturated carbocycles. The number of carbonyl (C=O) groups excluding carboxylic acids is 2. The first kappa shape index (κ1) is 16.4. The molecule has 2 unspecified atom stereocenters. The molecule has 0 aromatic heterocycles. The van der Waals surface area contributed by atoms with Gasteiger partial charge in [-0.25, -0.2) is 0 Å². The molecule has 2 N–H and O–H groups in total. The van der Waals surface area contributed by atoms with Crippen LogP contribution < -0.4 is 5.32 Å². The number of alkyl halides is 2. The number of nitrogens with one attached hydrogen (secondary N) is 1. The number of aliphatic hydroxyl groups is 1. The molecule has 0 radical (unpaired) electrons. The van der Waals surface area contributed by atoms with Gasteiger partial charge in [0.2, 0.25) is 0 Å². The van der Waals surface area contributed by atoms with Crippen LogP contribution in [0.4, 0.5) is 5.69 Å². The lowest BCUT2D eigenvalue weighted by atomic mass is 10.0. The molecule has 0 aliphatic rings. The Bertz CT molecular complexity index is 506. The van der Waals surface area contributed by atoms with Crippen molar-refractivity contribution in [3.8, 4) is 0 Å². The second-order valence-electron chi connectivity index (χ2n) is 3.76. The van der Waals surface area contributed by atoms with Crippen molar-refractivity contribution in [1.29, 1.82) is 0 Å². The maximum absolute atomic E-state index is 11.3. The van der Waals surface area contributed by atoms with Gasteiger partial charge in [0, 0.05) is 12.1 Å². The van der Waals surface area contributed by atoms with E-state index in [0.29, 0.717) is 6.29 Å². The quantitative estimate of drug-likeness (QED) is 0.353. The third-order valence-electron chi connectivity index (χ3n) is 2.44. The molecule has 7 nitrogen and oxygen atoms in total. The van der Waals surface area contributed by atoms with Gasteiger partial charge in [-0.05, 0) is 17.7 Å². The van der Waals surface area contributed by atoms with E-state index in [0.717, 1.165) is 0 Å². The van der Waals surface area contributed by atoms with Gasteiger partial charge in [0.25, 0.3) is 11.6 Å². The summed E-state index contributed by atoms with van der Waals surface area (Å²) >= 11 is 10.6. The number of nitro benzene ring substituents is 1. The minimum atomic E-state index is -1.37. The Morgan fingerprint density at radius 1 is 1.35 bits per heavy atom. The maximum atomic E-state index is 11.3. The van der Waals surface area contributed by atoms with Crippen LogP contribution in [-0.4, -0.2) is 33.1 Å². The number of benzene rings is 1. The molecule has 1 amide bonds. The molecule has 0 fully saturated rings. The number of hydrogen-bond acceptors (Lipinski definition) is 5. The van der Waals surface area contributed by atoms with E-state index in [2.05, 4.69) is 5.32 Å². The van der Waals surface area contributed by atoms with Crippen molar-refractivity contribution in [1.82, 2.24) is 5.32 Å². The Balaban J connectivity index is 2.85. The zero-order valence-corrected chi connectivity index (χ0v) is 11.4. The normalized spacial score (nSPS) is 13.6. The number of rotatable bonds is 6. The summed E-state index contributed by atoms with van der Waals surface area (Å²) in [5, 5.41) is 22.6. The van der Waals surface area contributed by atoms with Crippen LogP contribution in [-0.2, 0) is 9.59 Å². The molecule has 0 aliphatic heterocycles. The molecule has 1 rings (SSSR count). The standard InChI is InChI=1S/C11H10Cl2N2O5/c12-10(13)11(18)14-8(5-16)9(17)6-1-3-7(4-2-6)15(19)20/h1-5,8-10,17H,(H,14,18). The Labute approximate surface area is 123 Å². The van der Waals surface area contributed by atoms with Crippen LogP contribution in [0, 0.1) is 10.1 Å². The lowest BCUT2D eigenvalue weighted by Crippen LogP contribution is -2.42. The fourth-order valence-corrected chi connectivity index (χ4v) is 1.54. The van der Waals surface area contributed by atoms with Gasteiger partial charge in [0.15, 0.2) is 4.84 Å². The second kappa shape index (κ2) is 7.18. The number of amides is 1. The Hall–Kier alpha value is -1.70. The number of aliphatic hydroxyl groups excluding tert-OH is 1. The summed E-state index contributed by atoms with van der Waals surface area (Å²) in [4.78, 5) is 30.7. The van der Waals surface area contributed by atoms with Gasteiger partial charge in [-0.15, -0.1) is 0 Å². The van der Waals surface area contributed by atoms with Gasteiger partial charge in [-0.3, -0.25) is 14.9 Å². The summed E-state index contributed by atoms with van der Waals surface area (Å²) in [5.41, 5.74) is 0.0721. The summed E-state index contributed by atoms with van der Waals surface area (Å²) in [7, 11) is 0. The van der Waals surface area contributed by atoms with Crippen molar-refractivity contribution >= 4 is 41.1 Å². The summed E-state index contributed by atoms with van der Waals surface area (Å²) in [6, 6.07) is 3.65. The van der Waals surface area contributed by atoms with Crippen LogP contribution in [0.1, 0.15) is 11.7 Å². The molecule has 0 heterocycles. The fourth-order valence-electron chi connectivity index (χ4n) is 1.42. The highest BCUT2D eigenvalue weighted by atomic mass is 35.5. The lowest BCUT2D eigenvalue weighted by Gasteiger charge is -2.19. The third kappa shape index (κ3) is 4.16. The van der Waals surface area contributed by atoms with Crippen LogP contribution in [0.25, 0.3) is 0 Å². The molecule has 108 valence electrons. The largest absolute Gasteiger partial charge is 0.386 e. The SMILES string of the molecule is O=CC(NC(=O)C(Cl)Cl)C(O)c1ccc([N+](=O)[O-])cc1. The summed E-state index contributed by atoms with van der Waals surface area (Å²) in [6.45, 7) is 0. The monoisotopic (exact) mass is 320 g/mol. The highest BCUT2D eigenvalue weighted by Gasteiger charge is 2.25. The minimum Gasteiger partial charge on any atom is -0.386 e. The van der Waals surface area contributed by atoms with E-state index in [-0.39, 0.29) is 11.3 Å². The molecule has 0 aliphatic carbocycles. The first-order chi connectivity index (χ1) is 9.36. The number of nitrogens with zero attached hydrogens (tertiary/aromatic N) is 1. The zero-order chi connectivity index (χ0) is 15.3. The van der Waals surface area contributed by atoms with Crippen LogP contribution in [0.3, 0.4) is 0 Å². The molecule has 9 heteroatoms. The summed E-state index contributed by atoms with van der Waals surface area (Å²) < 4.78 is 0. The molecule has 0 bridgehead atoms. The highest BCUT2D eigenvalue weighted by Crippen LogP contribution is 2.20. The van der Waals surface area contributed by atoms with Gasteiger partial charge >= 0.3 is 0 Å². The number of hydrogen-bond donors (Lipinski definition) is 2. The average Bonchev–Trinajstić information content (AvgIpc) is 2.43. The van der Waals surface area contributed by atoms with Crippen molar-refractivity contribution < 1.29 is 19.6 Å². The molecule has 20 heavy (non-hydrogen) atoms. The van der Waals surface area contributed by atoms with Crippen molar-refractivity contribution in [2.75, 3.05) is 0 Å². The zero-order valence-electron chi connectivity index (χ0n) is 9.90. The average molecular weight is 321 g/mol. The Morgan fingerprint density at radius 2 is 1.90 bits per heavy atom. The molecule has 1 aromatic rings. The Kier molecular flexibility index (Phi) is 5.87. The number of halogens is 2. The van der Waals surface area contributed by atoms with E-state index in [4.69, 9.17) is 23.2 Å². The van der Waals surface area contributed by atoms with Gasteiger partial charge in [-0.2, -0.15) is 0 Å². The fraction of sp³-hybridized carbons (Fsp3) is 0.273. The van der Waals surface area contributed by atoms with E-state index < -0.39 is 27.8 Å². The second-order valence-corrected chi connectivity index (χ2v) is 4.86. The van der Waals surface area contributed by atoms with Crippen molar-refractivity contribution in [2.45, 2.75) is 17.0 Å². The number of nitro groups is 1. The maximum Gasteiger partial charge on any atom is 0.269 e.